The summed E-state index contributed by atoms with van der Waals surface area (Å²) in [4.78, 5) is 15.7. The molecule has 1 unspecified atom stereocenters. The first kappa shape index (κ1) is 21.1. The fraction of sp³-hybridized carbons (Fsp3) is 0.333. The first-order valence-electron chi connectivity index (χ1n) is 9.61. The van der Waals surface area contributed by atoms with Crippen LogP contribution < -0.4 is 15.3 Å². The van der Waals surface area contributed by atoms with Crippen LogP contribution in [0.4, 0.5) is 24.9 Å². The maximum absolute atomic E-state index is 13.1. The van der Waals surface area contributed by atoms with E-state index in [1.54, 1.807) is 6.20 Å². The number of hydrogen-bond donors (Lipinski definition) is 2. The number of nitrogens with one attached hydrogen (secondary N) is 1. The van der Waals surface area contributed by atoms with E-state index in [2.05, 4.69) is 25.8 Å². The van der Waals surface area contributed by atoms with E-state index in [-0.39, 0.29) is 29.1 Å². The number of H-pyrrole nitrogens is 1. The lowest BCUT2D eigenvalue weighted by molar-refractivity contribution is -0.137. The van der Waals surface area contributed by atoms with E-state index in [9.17, 15) is 18.3 Å². The number of nitrogens with zero attached hydrogens (tertiary/aromatic N) is 4. The summed E-state index contributed by atoms with van der Waals surface area (Å²) in [6, 6.07) is 3.38. The number of fused-ring (bicyclic) bond motifs is 1. The number of aromatic nitrogens is 3. The largest absolute Gasteiger partial charge is 0.416 e. The number of hydrogen-bond acceptors (Lipinski definition) is 5. The lowest BCUT2D eigenvalue weighted by Crippen LogP contribution is -2.53. The number of benzene rings is 1. The Bertz CT molecular complexity index is 1170. The highest BCUT2D eigenvalue weighted by Crippen LogP contribution is 2.31. The van der Waals surface area contributed by atoms with Gasteiger partial charge in [0.15, 0.2) is 0 Å². The first-order chi connectivity index (χ1) is 14.7. The van der Waals surface area contributed by atoms with E-state index < -0.39 is 11.7 Å². The molecule has 0 spiro atoms. The number of rotatable bonds is 3. The number of aliphatic hydroxyl groups is 1. The molecule has 0 aliphatic carbocycles. The van der Waals surface area contributed by atoms with E-state index >= 15 is 0 Å². The Balaban J connectivity index is 1.62. The molecule has 4 rings (SSSR count). The van der Waals surface area contributed by atoms with Crippen molar-refractivity contribution in [1.29, 1.82) is 0 Å². The zero-order valence-electron chi connectivity index (χ0n) is 16.7. The standard InChI is InChI=1S/C21H19BF3N5O/c1-3-15-10-29(19-12(2)6-13(11-31)9-26-19)4-5-30(15)20-27-17-8-14(21(23,24)25)7-16(22)18(17)28-20/h1,6-9,15,31H,4-5,10-11H2,2H3,(H,27,28). The minimum atomic E-state index is -4.50. The average Bonchev–Trinajstić information content (AvgIpc) is 3.17. The van der Waals surface area contributed by atoms with Crippen LogP contribution in [-0.4, -0.2) is 53.6 Å². The summed E-state index contributed by atoms with van der Waals surface area (Å²) in [5.74, 6) is 3.89. The Morgan fingerprint density at radius 1 is 1.32 bits per heavy atom. The van der Waals surface area contributed by atoms with Crippen molar-refractivity contribution in [1.82, 2.24) is 15.0 Å². The van der Waals surface area contributed by atoms with Crippen LogP contribution in [0.5, 0.6) is 0 Å². The molecule has 10 heteroatoms. The van der Waals surface area contributed by atoms with Crippen molar-refractivity contribution in [2.24, 2.45) is 0 Å². The summed E-state index contributed by atoms with van der Waals surface area (Å²) in [6.07, 6.45) is 2.90. The lowest BCUT2D eigenvalue weighted by Gasteiger charge is -2.40. The monoisotopic (exact) mass is 425 g/mol. The molecule has 0 amide bonds. The number of anilines is 2. The molecule has 3 aromatic rings. The highest BCUT2D eigenvalue weighted by molar-refractivity contribution is 6.38. The molecule has 1 saturated heterocycles. The average molecular weight is 425 g/mol. The van der Waals surface area contributed by atoms with Crippen LogP contribution in [0.25, 0.3) is 11.0 Å². The molecule has 158 valence electrons. The Kier molecular flexibility index (Phi) is 5.31. The molecule has 6 nitrogen and oxygen atoms in total. The van der Waals surface area contributed by atoms with Gasteiger partial charge in [0.25, 0.3) is 0 Å². The predicted molar refractivity (Wildman–Crippen MR) is 114 cm³/mol. The maximum atomic E-state index is 13.1. The van der Waals surface area contributed by atoms with Crippen LogP contribution >= 0.6 is 0 Å². The van der Waals surface area contributed by atoms with Crippen molar-refractivity contribution in [3.63, 3.8) is 0 Å². The summed E-state index contributed by atoms with van der Waals surface area (Å²) in [7, 11) is 5.83. The molecule has 3 heterocycles. The SMILES string of the molecule is [B]c1cc(C(F)(F)F)cc2[nH]c(N3CCN(c4ncc(CO)cc4C)CC3C#C)nc12. The zero-order valence-corrected chi connectivity index (χ0v) is 16.7. The van der Waals surface area contributed by atoms with Gasteiger partial charge in [0, 0.05) is 19.3 Å². The van der Waals surface area contributed by atoms with Crippen molar-refractivity contribution >= 4 is 36.1 Å². The van der Waals surface area contributed by atoms with Gasteiger partial charge in [-0.3, -0.25) is 0 Å². The smallest absolute Gasteiger partial charge is 0.392 e. The van der Waals surface area contributed by atoms with Gasteiger partial charge in [0.05, 0.1) is 29.7 Å². The summed E-state index contributed by atoms with van der Waals surface area (Å²) < 4.78 is 39.3. The minimum Gasteiger partial charge on any atom is -0.392 e. The fourth-order valence-corrected chi connectivity index (χ4v) is 3.85. The highest BCUT2D eigenvalue weighted by Gasteiger charge is 2.33. The Hall–Kier alpha value is -3.19. The van der Waals surface area contributed by atoms with Gasteiger partial charge in [0.2, 0.25) is 5.95 Å². The second-order valence-electron chi connectivity index (χ2n) is 7.48. The molecule has 2 aromatic heterocycles. The molecule has 1 fully saturated rings. The molecule has 0 bridgehead atoms. The van der Waals surface area contributed by atoms with Gasteiger partial charge in [0.1, 0.15) is 19.7 Å². The number of alkyl halides is 3. The van der Waals surface area contributed by atoms with E-state index in [0.717, 1.165) is 29.1 Å². The topological polar surface area (TPSA) is 68.3 Å². The van der Waals surface area contributed by atoms with Gasteiger partial charge in [-0.2, -0.15) is 13.2 Å². The predicted octanol–water partition coefficient (Wildman–Crippen LogP) is 1.90. The Morgan fingerprint density at radius 3 is 2.74 bits per heavy atom. The molecule has 2 radical (unpaired) electrons. The number of imidazole rings is 1. The van der Waals surface area contributed by atoms with E-state index in [1.165, 1.54) is 0 Å². The van der Waals surface area contributed by atoms with Crippen LogP contribution in [0.2, 0.25) is 0 Å². The van der Waals surface area contributed by atoms with Crippen LogP contribution in [0.3, 0.4) is 0 Å². The summed E-state index contributed by atoms with van der Waals surface area (Å²) >= 11 is 0. The molecule has 31 heavy (non-hydrogen) atoms. The van der Waals surface area contributed by atoms with Crippen LogP contribution in [0.1, 0.15) is 16.7 Å². The maximum Gasteiger partial charge on any atom is 0.416 e. The normalized spacial score (nSPS) is 17.2. The van der Waals surface area contributed by atoms with Crippen molar-refractivity contribution in [2.75, 3.05) is 29.4 Å². The van der Waals surface area contributed by atoms with Crippen molar-refractivity contribution in [3.8, 4) is 12.3 Å². The number of terminal acetylenes is 1. The van der Waals surface area contributed by atoms with Gasteiger partial charge in [-0.05, 0) is 30.2 Å². The Morgan fingerprint density at radius 2 is 2.10 bits per heavy atom. The number of aromatic amines is 1. The fourth-order valence-electron chi connectivity index (χ4n) is 3.85. The van der Waals surface area contributed by atoms with Gasteiger partial charge in [-0.15, -0.1) is 6.42 Å². The number of aliphatic hydroxyl groups excluding tert-OH is 1. The summed E-state index contributed by atoms with van der Waals surface area (Å²) in [5.41, 5.74) is 1.25. The third-order valence-electron chi connectivity index (χ3n) is 5.37. The second kappa shape index (κ2) is 7.82. The van der Waals surface area contributed by atoms with Crippen LogP contribution in [0, 0.1) is 19.3 Å². The van der Waals surface area contributed by atoms with Crippen molar-refractivity contribution < 1.29 is 18.3 Å². The zero-order chi connectivity index (χ0) is 22.3. The lowest BCUT2D eigenvalue weighted by atomic mass is 9.92. The highest BCUT2D eigenvalue weighted by atomic mass is 19.4. The first-order valence-corrected chi connectivity index (χ1v) is 9.61. The second-order valence-corrected chi connectivity index (χ2v) is 7.48. The third kappa shape index (κ3) is 3.93. The van der Waals surface area contributed by atoms with Crippen LogP contribution in [-0.2, 0) is 12.8 Å². The summed E-state index contributed by atoms with van der Waals surface area (Å²) in [6.45, 7) is 3.37. The molecule has 1 aliphatic rings. The molecular weight excluding hydrogens is 406 g/mol. The molecule has 2 N–H and O–H groups in total. The van der Waals surface area contributed by atoms with Gasteiger partial charge in [-0.25, -0.2) is 9.97 Å². The van der Waals surface area contributed by atoms with Gasteiger partial charge >= 0.3 is 6.18 Å². The van der Waals surface area contributed by atoms with E-state index in [0.29, 0.717) is 25.6 Å². The number of aryl methyl sites for hydroxylation is 1. The molecule has 1 aromatic carbocycles. The molecular formula is C21H19BF3N5O. The van der Waals surface area contributed by atoms with Crippen molar-refractivity contribution in [3.05, 3.63) is 41.1 Å². The Labute approximate surface area is 178 Å². The quantitative estimate of drug-likeness (QED) is 0.496. The van der Waals surface area contributed by atoms with Crippen LogP contribution in [0.15, 0.2) is 24.4 Å². The summed E-state index contributed by atoms with van der Waals surface area (Å²) in [5, 5.41) is 9.28. The number of pyridine rings is 1. The number of piperazine rings is 1. The minimum absolute atomic E-state index is 0.0491. The molecule has 1 aliphatic heterocycles. The van der Waals surface area contributed by atoms with Gasteiger partial charge < -0.3 is 19.9 Å². The molecule has 0 saturated carbocycles. The van der Waals surface area contributed by atoms with Gasteiger partial charge in [-0.1, -0.05) is 17.4 Å². The molecule has 1 atom stereocenters. The van der Waals surface area contributed by atoms with E-state index in [1.807, 2.05) is 17.9 Å². The third-order valence-corrected chi connectivity index (χ3v) is 5.37. The number of halogens is 3. The van der Waals surface area contributed by atoms with E-state index in [4.69, 9.17) is 14.3 Å². The van der Waals surface area contributed by atoms with Crippen molar-refractivity contribution in [2.45, 2.75) is 25.7 Å².